The van der Waals surface area contributed by atoms with Crippen LogP contribution in [0.5, 0.6) is 11.5 Å². The van der Waals surface area contributed by atoms with Gasteiger partial charge in [-0.05, 0) is 60.7 Å². The molecule has 8 nitrogen and oxygen atoms in total. The Morgan fingerprint density at radius 2 is 1.88 bits per heavy atom. The number of hydrogen-bond donors (Lipinski definition) is 0. The highest BCUT2D eigenvalue weighted by Gasteiger charge is 2.34. The van der Waals surface area contributed by atoms with E-state index >= 15 is 0 Å². The SMILES string of the molecule is COCCOC(=O)C1=C(C)N=c2sc(=Cc3ccc(Cl)cc3Cl)c(=O)n2C1c1ccc(OCCC(C)C)c(OC)c1. The van der Waals surface area contributed by atoms with E-state index in [2.05, 4.69) is 18.8 Å². The zero-order valence-electron chi connectivity index (χ0n) is 23.5. The molecule has 0 saturated heterocycles. The molecule has 1 aliphatic rings. The zero-order chi connectivity index (χ0) is 29.7. The molecule has 1 aromatic heterocycles. The van der Waals surface area contributed by atoms with Crippen molar-refractivity contribution >= 4 is 46.6 Å². The van der Waals surface area contributed by atoms with Crippen LogP contribution in [0.4, 0.5) is 0 Å². The first-order valence-electron chi connectivity index (χ1n) is 13.1. The Labute approximate surface area is 252 Å². The number of rotatable bonds is 11. The van der Waals surface area contributed by atoms with Crippen LogP contribution in [-0.4, -0.2) is 44.6 Å². The van der Waals surface area contributed by atoms with E-state index in [4.69, 9.17) is 42.1 Å². The molecule has 0 amide bonds. The number of nitrogens with zero attached hydrogens (tertiary/aromatic N) is 2. The highest BCUT2D eigenvalue weighted by Crippen LogP contribution is 2.36. The average Bonchev–Trinajstić information content (AvgIpc) is 3.23. The molecule has 2 heterocycles. The van der Waals surface area contributed by atoms with Crippen LogP contribution < -0.4 is 24.4 Å². The molecule has 0 aliphatic carbocycles. The van der Waals surface area contributed by atoms with Crippen LogP contribution >= 0.6 is 34.5 Å². The molecule has 0 N–H and O–H groups in total. The van der Waals surface area contributed by atoms with Gasteiger partial charge in [-0.2, -0.15) is 0 Å². The van der Waals surface area contributed by atoms with Gasteiger partial charge in [-0.3, -0.25) is 9.36 Å². The van der Waals surface area contributed by atoms with Crippen molar-refractivity contribution in [2.75, 3.05) is 34.0 Å². The molecule has 2 aromatic carbocycles. The molecule has 0 fully saturated rings. The lowest BCUT2D eigenvalue weighted by molar-refractivity contribution is -0.140. The summed E-state index contributed by atoms with van der Waals surface area (Å²) in [7, 11) is 3.08. The van der Waals surface area contributed by atoms with Gasteiger partial charge in [0.15, 0.2) is 16.3 Å². The molecule has 0 saturated carbocycles. The Bertz CT molecular complexity index is 1640. The Hall–Kier alpha value is -3.11. The van der Waals surface area contributed by atoms with E-state index in [0.29, 0.717) is 60.2 Å². The van der Waals surface area contributed by atoms with Gasteiger partial charge in [-0.25, -0.2) is 9.79 Å². The molecule has 1 aliphatic heterocycles. The summed E-state index contributed by atoms with van der Waals surface area (Å²) in [6.07, 6.45) is 2.58. The summed E-state index contributed by atoms with van der Waals surface area (Å²) >= 11 is 13.6. The first-order valence-corrected chi connectivity index (χ1v) is 14.7. The number of fused-ring (bicyclic) bond motifs is 1. The average molecular weight is 620 g/mol. The third kappa shape index (κ3) is 7.04. The molecule has 0 bridgehead atoms. The monoisotopic (exact) mass is 618 g/mol. The summed E-state index contributed by atoms with van der Waals surface area (Å²) in [4.78, 5) is 32.4. The maximum Gasteiger partial charge on any atom is 0.338 e. The Morgan fingerprint density at radius 3 is 2.56 bits per heavy atom. The number of aromatic nitrogens is 1. The first-order chi connectivity index (χ1) is 19.6. The predicted octanol–water partition coefficient (Wildman–Crippen LogP) is 5.17. The number of ether oxygens (including phenoxy) is 4. The van der Waals surface area contributed by atoms with Crippen molar-refractivity contribution < 1.29 is 23.7 Å². The van der Waals surface area contributed by atoms with E-state index < -0.39 is 12.0 Å². The number of benzene rings is 2. The number of carbonyl (C=O) groups excluding carboxylic acids is 1. The van der Waals surface area contributed by atoms with Crippen molar-refractivity contribution in [3.63, 3.8) is 0 Å². The number of hydrogen-bond acceptors (Lipinski definition) is 8. The largest absolute Gasteiger partial charge is 0.493 e. The molecule has 11 heteroatoms. The van der Waals surface area contributed by atoms with Crippen molar-refractivity contribution in [1.82, 2.24) is 4.57 Å². The molecule has 1 unspecified atom stereocenters. The lowest BCUT2D eigenvalue weighted by Gasteiger charge is -2.25. The normalized spacial score (nSPS) is 15.1. The van der Waals surface area contributed by atoms with E-state index in [1.54, 1.807) is 50.4 Å². The van der Waals surface area contributed by atoms with Crippen LogP contribution in [0.2, 0.25) is 10.0 Å². The van der Waals surface area contributed by atoms with Gasteiger partial charge in [0, 0.05) is 17.2 Å². The fraction of sp³-hybridized carbons (Fsp3) is 0.367. The number of thiazole rings is 1. The highest BCUT2D eigenvalue weighted by atomic mass is 35.5. The summed E-state index contributed by atoms with van der Waals surface area (Å²) in [5, 5.41) is 0.905. The topological polar surface area (TPSA) is 88.4 Å². The molecular formula is C30H32Cl2N2O6S. The number of halogens is 2. The van der Waals surface area contributed by atoms with Crippen LogP contribution in [0.3, 0.4) is 0 Å². The van der Waals surface area contributed by atoms with Crippen molar-refractivity contribution in [3.05, 3.63) is 88.5 Å². The maximum absolute atomic E-state index is 13.9. The van der Waals surface area contributed by atoms with Gasteiger partial charge < -0.3 is 18.9 Å². The molecule has 4 rings (SSSR count). The minimum Gasteiger partial charge on any atom is -0.493 e. The third-order valence-corrected chi connectivity index (χ3v) is 8.01. The molecule has 0 radical (unpaired) electrons. The van der Waals surface area contributed by atoms with Gasteiger partial charge in [0.1, 0.15) is 6.61 Å². The van der Waals surface area contributed by atoms with Crippen LogP contribution in [0.25, 0.3) is 6.08 Å². The van der Waals surface area contributed by atoms with Gasteiger partial charge in [0.2, 0.25) is 0 Å². The van der Waals surface area contributed by atoms with E-state index in [-0.39, 0.29) is 24.3 Å². The number of carbonyl (C=O) groups is 1. The van der Waals surface area contributed by atoms with E-state index in [9.17, 15) is 9.59 Å². The fourth-order valence-corrected chi connectivity index (χ4v) is 5.83. The standard InChI is InChI=1S/C30H32Cl2N2O6S/c1-17(2)10-11-39-23-9-7-20(14-24(23)38-5)27-26(29(36)40-13-12-37-4)18(3)33-30-34(27)28(35)25(41-30)15-19-6-8-21(31)16-22(19)32/h6-9,14-17,27H,10-13H2,1-5H3. The molecule has 0 spiro atoms. The summed E-state index contributed by atoms with van der Waals surface area (Å²) in [6, 6.07) is 9.64. The third-order valence-electron chi connectivity index (χ3n) is 6.47. The van der Waals surface area contributed by atoms with Crippen LogP contribution in [-0.2, 0) is 14.3 Å². The second kappa shape index (κ2) is 13.7. The Balaban J connectivity index is 1.86. The smallest absolute Gasteiger partial charge is 0.338 e. The van der Waals surface area contributed by atoms with Crippen LogP contribution in [0, 0.1) is 5.92 Å². The van der Waals surface area contributed by atoms with Crippen molar-refractivity contribution in [3.8, 4) is 11.5 Å². The van der Waals surface area contributed by atoms with Crippen molar-refractivity contribution in [2.45, 2.75) is 33.2 Å². The molecule has 41 heavy (non-hydrogen) atoms. The lowest BCUT2D eigenvalue weighted by atomic mass is 9.95. The number of allylic oxidation sites excluding steroid dienone is 1. The Morgan fingerprint density at radius 1 is 1.10 bits per heavy atom. The summed E-state index contributed by atoms with van der Waals surface area (Å²) < 4.78 is 24.1. The highest BCUT2D eigenvalue weighted by molar-refractivity contribution is 7.07. The molecule has 3 aromatic rings. The number of esters is 1. The van der Waals surface area contributed by atoms with Gasteiger partial charge in [-0.15, -0.1) is 0 Å². The van der Waals surface area contributed by atoms with Gasteiger partial charge in [-0.1, -0.05) is 60.5 Å². The second-order valence-corrected chi connectivity index (χ2v) is 11.7. The molecule has 1 atom stereocenters. The first kappa shape index (κ1) is 30.8. The number of methoxy groups -OCH3 is 2. The van der Waals surface area contributed by atoms with Crippen molar-refractivity contribution in [1.29, 1.82) is 0 Å². The van der Waals surface area contributed by atoms with Crippen molar-refractivity contribution in [2.24, 2.45) is 10.9 Å². The second-order valence-electron chi connectivity index (χ2n) is 9.82. The van der Waals surface area contributed by atoms with Crippen LogP contribution in [0.15, 0.2) is 57.5 Å². The van der Waals surface area contributed by atoms with Crippen LogP contribution in [0.1, 0.15) is 44.4 Å². The van der Waals surface area contributed by atoms with E-state index in [0.717, 1.165) is 6.42 Å². The quantitative estimate of drug-likeness (QED) is 0.218. The molecule has 218 valence electrons. The minimum absolute atomic E-state index is 0.0598. The minimum atomic E-state index is -0.817. The fourth-order valence-electron chi connectivity index (χ4n) is 4.33. The maximum atomic E-state index is 13.9. The zero-order valence-corrected chi connectivity index (χ0v) is 25.9. The molecular weight excluding hydrogens is 587 g/mol. The Kier molecular flexibility index (Phi) is 10.3. The lowest BCUT2D eigenvalue weighted by Crippen LogP contribution is -2.40. The van der Waals surface area contributed by atoms with E-state index in [1.165, 1.54) is 23.0 Å². The van der Waals surface area contributed by atoms with Gasteiger partial charge in [0.05, 0.1) is 42.2 Å². The van der Waals surface area contributed by atoms with E-state index in [1.807, 2.05) is 6.07 Å². The van der Waals surface area contributed by atoms with Gasteiger partial charge in [0.25, 0.3) is 5.56 Å². The summed E-state index contributed by atoms with van der Waals surface area (Å²) in [6.45, 7) is 6.82. The summed E-state index contributed by atoms with van der Waals surface area (Å²) in [5.41, 5.74) is 1.65. The van der Waals surface area contributed by atoms with Gasteiger partial charge >= 0.3 is 5.97 Å². The predicted molar refractivity (Wildman–Crippen MR) is 161 cm³/mol. The summed E-state index contributed by atoms with van der Waals surface area (Å²) in [5.74, 6) is 0.970.